The highest BCUT2D eigenvalue weighted by Crippen LogP contribution is 2.27. The zero-order valence-corrected chi connectivity index (χ0v) is 15.8. The number of nitrogens with two attached hydrogens (primary N) is 1. The Hall–Kier alpha value is -1.42. The molecule has 0 fully saturated rings. The largest absolute Gasteiger partial charge is 0.447 e. The zero-order chi connectivity index (χ0) is 18.4. The quantitative estimate of drug-likeness (QED) is 0.367. The average molecular weight is 350 g/mol. The summed E-state index contributed by atoms with van der Waals surface area (Å²) in [5.74, 6) is -0.528. The third-order valence-corrected chi connectivity index (χ3v) is 4.72. The van der Waals surface area contributed by atoms with E-state index in [1.807, 2.05) is 0 Å². The lowest BCUT2D eigenvalue weighted by molar-refractivity contribution is -0.159. The van der Waals surface area contributed by atoms with Crippen LogP contribution in [0.1, 0.15) is 84.0 Å². The molecule has 1 aliphatic carbocycles. The predicted octanol–water partition coefficient (Wildman–Crippen LogP) is 4.62. The highest BCUT2D eigenvalue weighted by Gasteiger charge is 2.37. The first kappa shape index (κ1) is 21.6. The van der Waals surface area contributed by atoms with Crippen LogP contribution in [0.5, 0.6) is 0 Å². The number of carbonyl (C=O) groups is 2. The summed E-state index contributed by atoms with van der Waals surface area (Å²) in [7, 11) is 0. The Bertz CT molecular complexity index is 456. The molecule has 0 saturated carbocycles. The van der Waals surface area contributed by atoms with Crippen LogP contribution in [-0.2, 0) is 14.3 Å². The summed E-state index contributed by atoms with van der Waals surface area (Å²) in [6.45, 7) is 2.17. The Labute approximate surface area is 152 Å². The lowest BCUT2D eigenvalue weighted by Gasteiger charge is -2.29. The van der Waals surface area contributed by atoms with E-state index in [-0.39, 0.29) is 5.78 Å². The lowest BCUT2D eigenvalue weighted by atomic mass is 9.87. The van der Waals surface area contributed by atoms with Crippen molar-refractivity contribution in [3.05, 3.63) is 24.3 Å². The van der Waals surface area contributed by atoms with Crippen LogP contribution in [0.15, 0.2) is 24.3 Å². The van der Waals surface area contributed by atoms with Crippen molar-refractivity contribution in [3.8, 4) is 0 Å². The van der Waals surface area contributed by atoms with E-state index in [2.05, 4.69) is 0 Å². The number of rotatable bonds is 14. The fraction of sp³-hybridized carbons (Fsp3) is 0.714. The second-order valence-electron chi connectivity index (χ2n) is 6.99. The van der Waals surface area contributed by atoms with Crippen LogP contribution >= 0.6 is 0 Å². The van der Waals surface area contributed by atoms with Gasteiger partial charge in [-0.1, -0.05) is 69.9 Å². The van der Waals surface area contributed by atoms with Crippen molar-refractivity contribution in [2.45, 2.75) is 89.6 Å². The van der Waals surface area contributed by atoms with Crippen molar-refractivity contribution >= 4 is 11.8 Å². The molecule has 1 rings (SSSR count). The highest BCUT2D eigenvalue weighted by molar-refractivity contribution is 6.01. The first-order chi connectivity index (χ1) is 12.1. The first-order valence-corrected chi connectivity index (χ1v) is 9.91. The molecule has 0 aromatic heterocycles. The molecular weight excluding hydrogens is 314 g/mol. The van der Waals surface area contributed by atoms with Gasteiger partial charge in [0.1, 0.15) is 0 Å². The van der Waals surface area contributed by atoms with E-state index >= 15 is 0 Å². The van der Waals surface area contributed by atoms with E-state index in [1.54, 1.807) is 18.2 Å². The van der Waals surface area contributed by atoms with E-state index in [1.165, 1.54) is 64.4 Å². The maximum atomic E-state index is 12.2. The highest BCUT2D eigenvalue weighted by atomic mass is 16.6. The monoisotopic (exact) mass is 349 g/mol. The van der Waals surface area contributed by atoms with Gasteiger partial charge in [-0.2, -0.15) is 0 Å². The molecule has 1 aliphatic rings. The molecule has 1 unspecified atom stereocenters. The zero-order valence-electron chi connectivity index (χ0n) is 15.8. The van der Waals surface area contributed by atoms with Gasteiger partial charge in [0.2, 0.25) is 5.78 Å². The van der Waals surface area contributed by atoms with Crippen LogP contribution in [-0.4, -0.2) is 23.9 Å². The number of hydrogen-bond acceptors (Lipinski definition) is 4. The summed E-state index contributed by atoms with van der Waals surface area (Å²) >= 11 is 0. The molecule has 4 nitrogen and oxygen atoms in total. The lowest BCUT2D eigenvalue weighted by Crippen LogP contribution is -2.41. The smallest absolute Gasteiger partial charge is 0.303 e. The Morgan fingerprint density at radius 2 is 1.44 bits per heavy atom. The summed E-state index contributed by atoms with van der Waals surface area (Å²) < 4.78 is 5.36. The Morgan fingerprint density at radius 3 is 1.92 bits per heavy atom. The van der Waals surface area contributed by atoms with Crippen molar-refractivity contribution in [3.63, 3.8) is 0 Å². The molecule has 0 bridgehead atoms. The van der Waals surface area contributed by atoms with Crippen LogP contribution in [0, 0.1) is 0 Å². The number of hydrogen-bond donors (Lipinski definition) is 1. The molecule has 0 saturated heterocycles. The Balaban J connectivity index is 2.09. The summed E-state index contributed by atoms with van der Waals surface area (Å²) in [5, 5.41) is 0. The third-order valence-electron chi connectivity index (χ3n) is 4.72. The molecule has 0 amide bonds. The van der Waals surface area contributed by atoms with Gasteiger partial charge in [0, 0.05) is 6.92 Å². The molecule has 0 aromatic rings. The number of carbonyl (C=O) groups excluding carboxylic acids is 2. The molecule has 0 aromatic carbocycles. The topological polar surface area (TPSA) is 69.4 Å². The molecular formula is C21H35NO3. The minimum Gasteiger partial charge on any atom is -0.447 e. The maximum absolute atomic E-state index is 12.2. The van der Waals surface area contributed by atoms with E-state index in [4.69, 9.17) is 10.5 Å². The van der Waals surface area contributed by atoms with E-state index < -0.39 is 11.6 Å². The van der Waals surface area contributed by atoms with Crippen molar-refractivity contribution in [1.82, 2.24) is 0 Å². The van der Waals surface area contributed by atoms with Crippen LogP contribution < -0.4 is 5.73 Å². The fourth-order valence-electron chi connectivity index (χ4n) is 3.30. The predicted molar refractivity (Wildman–Crippen MR) is 102 cm³/mol. The van der Waals surface area contributed by atoms with Crippen LogP contribution in [0.25, 0.3) is 0 Å². The van der Waals surface area contributed by atoms with Gasteiger partial charge < -0.3 is 10.5 Å². The van der Waals surface area contributed by atoms with Crippen LogP contribution in [0.2, 0.25) is 0 Å². The Kier molecular flexibility index (Phi) is 11.1. The normalized spacial score (nSPS) is 19.4. The van der Waals surface area contributed by atoms with E-state index in [9.17, 15) is 9.59 Å². The maximum Gasteiger partial charge on any atom is 0.303 e. The molecule has 1 atom stereocenters. The first-order valence-electron chi connectivity index (χ1n) is 9.91. The van der Waals surface area contributed by atoms with Crippen molar-refractivity contribution < 1.29 is 14.3 Å². The van der Waals surface area contributed by atoms with Gasteiger partial charge in [0.05, 0.1) is 0 Å². The van der Waals surface area contributed by atoms with Gasteiger partial charge in [-0.3, -0.25) is 9.59 Å². The number of ketones is 1. The van der Waals surface area contributed by atoms with Gasteiger partial charge in [-0.25, -0.2) is 0 Å². The van der Waals surface area contributed by atoms with Crippen LogP contribution in [0.4, 0.5) is 0 Å². The molecule has 0 aliphatic heterocycles. The molecule has 0 heterocycles. The molecule has 0 radical (unpaired) electrons. The molecule has 25 heavy (non-hydrogen) atoms. The fourth-order valence-corrected chi connectivity index (χ4v) is 3.30. The van der Waals surface area contributed by atoms with Crippen molar-refractivity contribution in [2.24, 2.45) is 5.73 Å². The second kappa shape index (κ2) is 12.9. The summed E-state index contributed by atoms with van der Waals surface area (Å²) in [4.78, 5) is 23.5. The SMILES string of the molecule is CC(=O)OC1(CCCCCCCCCCCCCN)C=CC=CC1=O. The van der Waals surface area contributed by atoms with Gasteiger partial charge >= 0.3 is 5.97 Å². The second-order valence-corrected chi connectivity index (χ2v) is 6.99. The molecule has 142 valence electrons. The standard InChI is InChI=1S/C21H35NO3/c1-19(23)25-21(17-13-11-15-20(21)24)16-12-9-7-5-3-2-4-6-8-10-14-18-22/h11,13,15,17H,2-10,12,14,16,18,22H2,1H3. The van der Waals surface area contributed by atoms with Crippen molar-refractivity contribution in [1.29, 1.82) is 0 Å². The minimum atomic E-state index is -1.07. The average Bonchev–Trinajstić information content (AvgIpc) is 2.58. The van der Waals surface area contributed by atoms with Gasteiger partial charge in [0.15, 0.2) is 5.60 Å². The molecule has 2 N–H and O–H groups in total. The Morgan fingerprint density at radius 1 is 0.920 bits per heavy atom. The summed E-state index contributed by atoms with van der Waals surface area (Å²) in [6.07, 6.45) is 20.7. The van der Waals surface area contributed by atoms with Crippen LogP contribution in [0.3, 0.4) is 0 Å². The van der Waals surface area contributed by atoms with Crippen molar-refractivity contribution in [2.75, 3.05) is 6.54 Å². The summed E-state index contributed by atoms with van der Waals surface area (Å²) in [6, 6.07) is 0. The minimum absolute atomic E-state index is 0.125. The van der Waals surface area contributed by atoms with Gasteiger partial charge in [-0.15, -0.1) is 0 Å². The van der Waals surface area contributed by atoms with Gasteiger partial charge in [-0.05, 0) is 38.0 Å². The summed E-state index contributed by atoms with van der Waals surface area (Å²) in [5.41, 5.74) is 4.42. The van der Waals surface area contributed by atoms with Gasteiger partial charge in [0.25, 0.3) is 0 Å². The number of allylic oxidation sites excluding steroid dienone is 2. The molecule has 4 heteroatoms. The number of esters is 1. The van der Waals surface area contributed by atoms with E-state index in [0.29, 0.717) is 6.42 Å². The van der Waals surface area contributed by atoms with E-state index in [0.717, 1.165) is 25.8 Å². The number of unbranched alkanes of at least 4 members (excludes halogenated alkanes) is 10. The molecule has 0 spiro atoms. The number of ether oxygens (including phenoxy) is 1. The third kappa shape index (κ3) is 9.01.